The van der Waals surface area contributed by atoms with Gasteiger partial charge in [0.1, 0.15) is 0 Å². The highest BCUT2D eigenvalue weighted by atomic mass is 32.2. The molecule has 28 heavy (non-hydrogen) atoms. The second kappa shape index (κ2) is 9.79. The lowest BCUT2D eigenvalue weighted by Crippen LogP contribution is -2.44. The lowest BCUT2D eigenvalue weighted by atomic mass is 10.1. The van der Waals surface area contributed by atoms with Crippen LogP contribution in [-0.2, 0) is 14.6 Å². The van der Waals surface area contributed by atoms with E-state index >= 15 is 0 Å². The number of nitrogens with zero attached hydrogens (tertiary/aromatic N) is 3. The van der Waals surface area contributed by atoms with Gasteiger partial charge in [0.05, 0.1) is 16.4 Å². The van der Waals surface area contributed by atoms with Crippen molar-refractivity contribution in [2.24, 2.45) is 0 Å². The molecule has 0 bridgehead atoms. The third kappa shape index (κ3) is 6.13. The molecule has 0 radical (unpaired) electrons. The number of carbonyl (C=O) groups excluding carboxylic acids is 1. The van der Waals surface area contributed by atoms with Gasteiger partial charge in [0.2, 0.25) is 5.91 Å². The van der Waals surface area contributed by atoms with E-state index < -0.39 is 14.8 Å². The zero-order valence-corrected chi connectivity index (χ0v) is 17.1. The lowest BCUT2D eigenvalue weighted by molar-refractivity contribution is -0.384. The number of nitro groups is 1. The third-order valence-corrected chi connectivity index (χ3v) is 6.73. The molecule has 1 saturated heterocycles. The number of carbonyl (C=O) groups is 1. The highest BCUT2D eigenvalue weighted by Gasteiger charge is 2.34. The van der Waals surface area contributed by atoms with Crippen LogP contribution in [0.25, 0.3) is 6.08 Å². The van der Waals surface area contributed by atoms with Gasteiger partial charge in [0.25, 0.3) is 5.69 Å². The number of sulfone groups is 1. The summed E-state index contributed by atoms with van der Waals surface area (Å²) in [4.78, 5) is 27.0. The average molecular weight is 410 g/mol. The number of nitro benzene ring substituents is 1. The minimum atomic E-state index is -3.11. The van der Waals surface area contributed by atoms with Crippen LogP contribution in [0.15, 0.2) is 30.3 Å². The second-order valence-corrected chi connectivity index (χ2v) is 9.03. The molecule has 1 atom stereocenters. The fourth-order valence-corrected chi connectivity index (χ4v) is 5.02. The minimum Gasteiger partial charge on any atom is -0.334 e. The molecular weight excluding hydrogens is 382 g/mol. The van der Waals surface area contributed by atoms with E-state index in [4.69, 9.17) is 0 Å². The highest BCUT2D eigenvalue weighted by molar-refractivity contribution is 7.91. The van der Waals surface area contributed by atoms with Gasteiger partial charge in [-0.15, -0.1) is 0 Å². The standard InChI is InChI=1S/C19H27N3O5S/c1-3-20(4-2)11-12-21(18-10-13-28(26,27)15-18)19(23)9-8-16-6-5-7-17(14-16)22(24)25/h5-9,14,18H,3-4,10-13,15H2,1-2H3/b9-8+. The molecule has 0 aliphatic carbocycles. The number of non-ortho nitro benzene ring substituents is 1. The molecule has 154 valence electrons. The van der Waals surface area contributed by atoms with Gasteiger partial charge in [0.15, 0.2) is 9.84 Å². The van der Waals surface area contributed by atoms with Crippen LogP contribution in [0.2, 0.25) is 0 Å². The zero-order valence-electron chi connectivity index (χ0n) is 16.3. The van der Waals surface area contributed by atoms with Gasteiger partial charge in [-0.1, -0.05) is 26.0 Å². The summed E-state index contributed by atoms with van der Waals surface area (Å²) in [6.45, 7) is 6.89. The molecule has 0 aromatic heterocycles. The Morgan fingerprint density at radius 2 is 2.00 bits per heavy atom. The Balaban J connectivity index is 2.15. The number of hydrogen-bond donors (Lipinski definition) is 0. The van der Waals surface area contributed by atoms with Gasteiger partial charge in [-0.25, -0.2) is 8.42 Å². The molecule has 0 N–H and O–H groups in total. The zero-order chi connectivity index (χ0) is 20.7. The number of benzene rings is 1. The molecule has 0 spiro atoms. The van der Waals surface area contributed by atoms with E-state index in [9.17, 15) is 23.3 Å². The summed E-state index contributed by atoms with van der Waals surface area (Å²) >= 11 is 0. The molecule has 1 fully saturated rings. The van der Waals surface area contributed by atoms with Crippen LogP contribution in [0.5, 0.6) is 0 Å². The SMILES string of the molecule is CCN(CC)CCN(C(=O)/C=C/c1cccc([N+](=O)[O-])c1)C1CCS(=O)(=O)C1. The summed E-state index contributed by atoms with van der Waals surface area (Å²) in [5.74, 6) is -0.191. The van der Waals surface area contributed by atoms with Crippen molar-refractivity contribution in [3.8, 4) is 0 Å². The first-order valence-electron chi connectivity index (χ1n) is 9.41. The van der Waals surface area contributed by atoms with Crippen molar-refractivity contribution in [2.75, 3.05) is 37.7 Å². The van der Waals surface area contributed by atoms with E-state index in [1.54, 1.807) is 17.0 Å². The molecule has 8 nitrogen and oxygen atoms in total. The van der Waals surface area contributed by atoms with E-state index in [0.717, 1.165) is 13.1 Å². The van der Waals surface area contributed by atoms with E-state index in [2.05, 4.69) is 4.90 Å². The molecule has 1 aromatic rings. The molecule has 1 unspecified atom stereocenters. The average Bonchev–Trinajstić information content (AvgIpc) is 3.03. The van der Waals surface area contributed by atoms with E-state index in [-0.39, 0.29) is 29.1 Å². The molecule has 0 saturated carbocycles. The van der Waals surface area contributed by atoms with Crippen LogP contribution in [0.4, 0.5) is 5.69 Å². The van der Waals surface area contributed by atoms with Crippen LogP contribution in [0.3, 0.4) is 0 Å². The van der Waals surface area contributed by atoms with Crippen LogP contribution < -0.4 is 0 Å². The lowest BCUT2D eigenvalue weighted by Gasteiger charge is -2.30. The summed E-state index contributed by atoms with van der Waals surface area (Å²) in [6.07, 6.45) is 3.34. The Kier molecular flexibility index (Phi) is 7.70. The normalized spacial score (nSPS) is 18.6. The summed E-state index contributed by atoms with van der Waals surface area (Å²) in [6, 6.07) is 5.69. The number of rotatable bonds is 9. The maximum Gasteiger partial charge on any atom is 0.270 e. The molecule has 1 heterocycles. The van der Waals surface area contributed by atoms with Gasteiger partial charge < -0.3 is 9.80 Å². The summed E-state index contributed by atoms with van der Waals surface area (Å²) < 4.78 is 23.7. The molecule has 9 heteroatoms. The molecule has 1 aliphatic rings. The summed E-state index contributed by atoms with van der Waals surface area (Å²) in [5, 5.41) is 10.9. The van der Waals surface area contributed by atoms with Gasteiger partial charge >= 0.3 is 0 Å². The van der Waals surface area contributed by atoms with Crippen molar-refractivity contribution in [1.82, 2.24) is 9.80 Å². The van der Waals surface area contributed by atoms with Crippen LogP contribution >= 0.6 is 0 Å². The monoisotopic (exact) mass is 409 g/mol. The highest BCUT2D eigenvalue weighted by Crippen LogP contribution is 2.19. The Morgan fingerprint density at radius 3 is 2.57 bits per heavy atom. The smallest absolute Gasteiger partial charge is 0.270 e. The molecular formula is C19H27N3O5S. The number of likely N-dealkylation sites (N-methyl/N-ethyl adjacent to an activating group) is 1. The van der Waals surface area contributed by atoms with Crippen LogP contribution in [0.1, 0.15) is 25.8 Å². The minimum absolute atomic E-state index is 0.0123. The summed E-state index contributed by atoms with van der Waals surface area (Å²) in [5.41, 5.74) is 0.500. The predicted octanol–water partition coefficient (Wildman–Crippen LogP) is 1.97. The number of hydrogen-bond acceptors (Lipinski definition) is 6. The molecule has 1 amide bonds. The fourth-order valence-electron chi connectivity index (χ4n) is 3.29. The van der Waals surface area contributed by atoms with Gasteiger partial charge in [-0.2, -0.15) is 0 Å². The van der Waals surface area contributed by atoms with Crippen molar-refractivity contribution in [2.45, 2.75) is 26.3 Å². The molecule has 2 rings (SSSR count). The van der Waals surface area contributed by atoms with Crippen LogP contribution in [0, 0.1) is 10.1 Å². The van der Waals surface area contributed by atoms with Crippen molar-refractivity contribution >= 4 is 27.5 Å². The molecule has 1 aliphatic heterocycles. The van der Waals surface area contributed by atoms with Crippen molar-refractivity contribution in [3.05, 3.63) is 46.0 Å². The fraction of sp³-hybridized carbons (Fsp3) is 0.526. The Hall–Kier alpha value is -2.26. The van der Waals surface area contributed by atoms with Gasteiger partial charge in [-0.3, -0.25) is 14.9 Å². The van der Waals surface area contributed by atoms with E-state index in [1.807, 2.05) is 13.8 Å². The Labute approximate surface area is 165 Å². The van der Waals surface area contributed by atoms with Crippen molar-refractivity contribution < 1.29 is 18.1 Å². The second-order valence-electron chi connectivity index (χ2n) is 6.80. The van der Waals surface area contributed by atoms with E-state index in [0.29, 0.717) is 25.1 Å². The van der Waals surface area contributed by atoms with Crippen molar-refractivity contribution in [1.29, 1.82) is 0 Å². The third-order valence-electron chi connectivity index (χ3n) is 4.98. The topological polar surface area (TPSA) is 101 Å². The Morgan fingerprint density at radius 1 is 1.29 bits per heavy atom. The van der Waals surface area contributed by atoms with Gasteiger partial charge in [0, 0.05) is 37.3 Å². The van der Waals surface area contributed by atoms with Gasteiger partial charge in [-0.05, 0) is 31.1 Å². The van der Waals surface area contributed by atoms with E-state index in [1.165, 1.54) is 24.3 Å². The first-order chi connectivity index (χ1) is 13.3. The first kappa shape index (κ1) is 22.0. The van der Waals surface area contributed by atoms with Crippen molar-refractivity contribution in [3.63, 3.8) is 0 Å². The predicted molar refractivity (Wildman–Crippen MR) is 109 cm³/mol. The molecule has 1 aromatic carbocycles. The van der Waals surface area contributed by atoms with Crippen LogP contribution in [-0.4, -0.2) is 72.8 Å². The maximum absolute atomic E-state index is 12.8. The maximum atomic E-state index is 12.8. The summed E-state index contributed by atoms with van der Waals surface area (Å²) in [7, 11) is -3.11. The number of amides is 1. The first-order valence-corrected chi connectivity index (χ1v) is 11.2. The largest absolute Gasteiger partial charge is 0.334 e. The quantitative estimate of drug-likeness (QED) is 0.351. The Bertz CT molecular complexity index is 834.